The molecule has 10 heteroatoms. The maximum Gasteiger partial charge on any atom is 0.417 e. The Hall–Kier alpha value is -4.26. The molecule has 1 unspecified atom stereocenters. The van der Waals surface area contributed by atoms with Gasteiger partial charge in [-0.25, -0.2) is 4.99 Å². The van der Waals surface area contributed by atoms with Gasteiger partial charge in [0, 0.05) is 31.2 Å². The van der Waals surface area contributed by atoms with E-state index >= 15 is 0 Å². The van der Waals surface area contributed by atoms with Crippen LogP contribution in [0.3, 0.4) is 0 Å². The Kier molecular flexibility index (Phi) is 4.89. The fraction of sp³-hybridized carbons (Fsp3) is 0.136. The third kappa shape index (κ3) is 3.33. The Balaban J connectivity index is 1.90. The number of carbonyl (C=O) groups is 1. The molecule has 0 saturated heterocycles. The molecule has 0 aliphatic carbocycles. The van der Waals surface area contributed by atoms with Crippen LogP contribution in [0.2, 0.25) is 0 Å². The van der Waals surface area contributed by atoms with Crippen molar-refractivity contribution in [3.8, 4) is 17.2 Å². The van der Waals surface area contributed by atoms with Crippen LogP contribution in [0.5, 0.6) is 0 Å². The zero-order chi connectivity index (χ0) is 23.1. The smallest absolute Gasteiger partial charge is 0.369 e. The average Bonchev–Trinajstić information content (AvgIpc) is 3.03. The Morgan fingerprint density at radius 1 is 1.09 bits per heavy atom. The predicted octanol–water partition coefficient (Wildman–Crippen LogP) is 3.06. The highest BCUT2D eigenvalue weighted by Gasteiger charge is 2.51. The van der Waals surface area contributed by atoms with Gasteiger partial charge in [0.2, 0.25) is 5.54 Å². The maximum absolute atomic E-state index is 13.3. The summed E-state index contributed by atoms with van der Waals surface area (Å²) in [6.45, 7) is 0. The second kappa shape index (κ2) is 7.46. The van der Waals surface area contributed by atoms with Crippen molar-refractivity contribution in [3.05, 3.63) is 83.4 Å². The van der Waals surface area contributed by atoms with Crippen molar-refractivity contribution in [1.29, 1.82) is 5.26 Å². The zero-order valence-electron chi connectivity index (χ0n) is 16.6. The van der Waals surface area contributed by atoms with Gasteiger partial charge in [-0.05, 0) is 35.4 Å². The molecule has 0 spiro atoms. The standard InChI is InChI=1S/C22H15F3N6O/c1-31-19(32)21(30-20(31)27,18-6-5-17(12-29-18)22(23,24)25)16-4-2-3-14(8-16)15-7-13(9-26)10-28-11-15/h2-8,10-12H,1H3,(H2,27,30). The number of nitriles is 1. The van der Waals surface area contributed by atoms with Gasteiger partial charge < -0.3 is 5.73 Å². The third-order valence-electron chi connectivity index (χ3n) is 5.18. The van der Waals surface area contributed by atoms with Crippen molar-refractivity contribution in [2.24, 2.45) is 10.7 Å². The number of amides is 1. The molecule has 0 bridgehead atoms. The first-order chi connectivity index (χ1) is 15.2. The van der Waals surface area contributed by atoms with E-state index in [9.17, 15) is 18.0 Å². The molecule has 0 saturated carbocycles. The van der Waals surface area contributed by atoms with E-state index in [0.29, 0.717) is 28.5 Å². The number of likely N-dealkylation sites (N-methyl/N-ethyl adjacent to an activating group) is 1. The van der Waals surface area contributed by atoms with Crippen molar-refractivity contribution < 1.29 is 18.0 Å². The number of hydrogen-bond donors (Lipinski definition) is 1. The number of guanidine groups is 1. The molecule has 32 heavy (non-hydrogen) atoms. The van der Waals surface area contributed by atoms with Crippen LogP contribution in [0.4, 0.5) is 13.2 Å². The molecule has 1 aliphatic heterocycles. The van der Waals surface area contributed by atoms with E-state index in [1.165, 1.54) is 13.2 Å². The highest BCUT2D eigenvalue weighted by Crippen LogP contribution is 2.40. The quantitative estimate of drug-likeness (QED) is 0.679. The molecule has 7 nitrogen and oxygen atoms in total. The second-order valence-electron chi connectivity index (χ2n) is 7.13. The topological polar surface area (TPSA) is 108 Å². The molecular weight excluding hydrogens is 421 g/mol. The normalized spacial score (nSPS) is 18.4. The molecule has 1 amide bonds. The Labute approximate surface area is 180 Å². The summed E-state index contributed by atoms with van der Waals surface area (Å²) in [5, 5.41) is 9.14. The van der Waals surface area contributed by atoms with Gasteiger partial charge in [-0.2, -0.15) is 18.4 Å². The number of pyridine rings is 2. The molecule has 3 aromatic rings. The number of nitrogens with two attached hydrogens (primary N) is 1. The molecule has 2 aromatic heterocycles. The summed E-state index contributed by atoms with van der Waals surface area (Å²) >= 11 is 0. The van der Waals surface area contributed by atoms with Gasteiger partial charge in [-0.3, -0.25) is 19.7 Å². The van der Waals surface area contributed by atoms with Gasteiger partial charge in [-0.1, -0.05) is 18.2 Å². The van der Waals surface area contributed by atoms with E-state index < -0.39 is 23.2 Å². The van der Waals surface area contributed by atoms with Gasteiger partial charge in [0.15, 0.2) is 5.96 Å². The lowest BCUT2D eigenvalue weighted by molar-refractivity contribution is -0.137. The highest BCUT2D eigenvalue weighted by atomic mass is 19.4. The molecule has 4 rings (SSSR count). The molecule has 1 atom stereocenters. The molecule has 160 valence electrons. The van der Waals surface area contributed by atoms with Crippen LogP contribution >= 0.6 is 0 Å². The Morgan fingerprint density at radius 3 is 2.47 bits per heavy atom. The second-order valence-corrected chi connectivity index (χ2v) is 7.13. The summed E-state index contributed by atoms with van der Waals surface area (Å²) in [6.07, 6.45) is -0.931. The van der Waals surface area contributed by atoms with Crippen molar-refractivity contribution in [2.45, 2.75) is 11.7 Å². The lowest BCUT2D eigenvalue weighted by Crippen LogP contribution is -2.41. The number of hydrogen-bond acceptors (Lipinski definition) is 6. The van der Waals surface area contributed by atoms with Gasteiger partial charge in [0.05, 0.1) is 16.8 Å². The number of alkyl halides is 3. The minimum Gasteiger partial charge on any atom is -0.369 e. The first kappa shape index (κ1) is 21.0. The summed E-state index contributed by atoms with van der Waals surface area (Å²) in [6, 6.07) is 12.3. The predicted molar refractivity (Wildman–Crippen MR) is 109 cm³/mol. The fourth-order valence-corrected chi connectivity index (χ4v) is 3.50. The first-order valence-electron chi connectivity index (χ1n) is 9.30. The van der Waals surface area contributed by atoms with Crippen LogP contribution < -0.4 is 5.73 Å². The number of nitrogens with zero attached hydrogens (tertiary/aromatic N) is 5. The largest absolute Gasteiger partial charge is 0.417 e. The molecule has 0 fully saturated rings. The van der Waals surface area contributed by atoms with Gasteiger partial charge in [0.1, 0.15) is 6.07 Å². The highest BCUT2D eigenvalue weighted by molar-refractivity contribution is 6.08. The van der Waals surface area contributed by atoms with Crippen molar-refractivity contribution >= 4 is 11.9 Å². The Bertz CT molecular complexity index is 1280. The number of benzene rings is 1. The minimum atomic E-state index is -4.57. The van der Waals surface area contributed by atoms with Crippen LogP contribution in [-0.4, -0.2) is 33.8 Å². The molecule has 1 aromatic carbocycles. The van der Waals surface area contributed by atoms with Gasteiger partial charge in [0.25, 0.3) is 5.91 Å². The van der Waals surface area contributed by atoms with Crippen molar-refractivity contribution in [3.63, 3.8) is 0 Å². The third-order valence-corrected chi connectivity index (χ3v) is 5.18. The summed E-state index contributed by atoms with van der Waals surface area (Å²) in [7, 11) is 1.43. The average molecular weight is 436 g/mol. The molecule has 0 radical (unpaired) electrons. The van der Waals surface area contributed by atoms with E-state index in [1.54, 1.807) is 36.5 Å². The van der Waals surface area contributed by atoms with Crippen LogP contribution in [0, 0.1) is 11.3 Å². The van der Waals surface area contributed by atoms with Crippen LogP contribution in [0.15, 0.2) is 66.0 Å². The molecular formula is C22H15F3N6O. The van der Waals surface area contributed by atoms with E-state index in [2.05, 4.69) is 15.0 Å². The number of aliphatic imine (C=N–C) groups is 1. The SMILES string of the molecule is CN1C(=O)C(c2cccc(-c3cncc(C#N)c3)c2)(c2ccc(C(F)(F)F)cn2)N=C1N. The lowest BCUT2D eigenvalue weighted by atomic mass is 9.84. The fourth-order valence-electron chi connectivity index (χ4n) is 3.50. The van der Waals surface area contributed by atoms with E-state index in [-0.39, 0.29) is 11.7 Å². The number of halogens is 3. The van der Waals surface area contributed by atoms with Gasteiger partial charge in [-0.15, -0.1) is 0 Å². The molecule has 3 heterocycles. The van der Waals surface area contributed by atoms with E-state index in [4.69, 9.17) is 11.0 Å². The lowest BCUT2D eigenvalue weighted by Gasteiger charge is -2.25. The van der Waals surface area contributed by atoms with Crippen molar-refractivity contribution in [2.75, 3.05) is 7.05 Å². The van der Waals surface area contributed by atoms with Crippen molar-refractivity contribution in [1.82, 2.24) is 14.9 Å². The number of rotatable bonds is 3. The summed E-state index contributed by atoms with van der Waals surface area (Å²) in [5.74, 6) is -0.640. The first-order valence-corrected chi connectivity index (χ1v) is 9.30. The monoisotopic (exact) mass is 436 g/mol. The zero-order valence-corrected chi connectivity index (χ0v) is 16.6. The summed E-state index contributed by atoms with van der Waals surface area (Å²) < 4.78 is 39.1. The molecule has 1 aliphatic rings. The Morgan fingerprint density at radius 2 is 1.88 bits per heavy atom. The number of aromatic nitrogens is 2. The van der Waals surface area contributed by atoms with Crippen LogP contribution in [0.1, 0.15) is 22.4 Å². The van der Waals surface area contributed by atoms with Gasteiger partial charge >= 0.3 is 6.18 Å². The minimum absolute atomic E-state index is 0.00357. The van der Waals surface area contributed by atoms with E-state index in [0.717, 1.165) is 17.0 Å². The maximum atomic E-state index is 13.3. The number of carbonyl (C=O) groups excluding carboxylic acids is 1. The summed E-state index contributed by atoms with van der Waals surface area (Å²) in [5.41, 5.74) is 5.19. The van der Waals surface area contributed by atoms with Crippen LogP contribution in [-0.2, 0) is 16.5 Å². The molecule has 2 N–H and O–H groups in total. The van der Waals surface area contributed by atoms with E-state index in [1.807, 2.05) is 6.07 Å². The summed E-state index contributed by atoms with van der Waals surface area (Å²) in [4.78, 5) is 26.7. The van der Waals surface area contributed by atoms with Crippen LogP contribution in [0.25, 0.3) is 11.1 Å².